The van der Waals surface area contributed by atoms with Crippen LogP contribution in [0, 0.1) is 0 Å². The summed E-state index contributed by atoms with van der Waals surface area (Å²) >= 11 is 0. The van der Waals surface area contributed by atoms with Gasteiger partial charge in [-0.1, -0.05) is 57.6 Å². The third kappa shape index (κ3) is 13.3. The monoisotopic (exact) mass is 615 g/mol. The van der Waals surface area contributed by atoms with E-state index in [9.17, 15) is 4.79 Å². The fourth-order valence-corrected chi connectivity index (χ4v) is 5.29. The van der Waals surface area contributed by atoms with Crippen molar-refractivity contribution in [2.45, 2.75) is 71.4 Å². The third-order valence-corrected chi connectivity index (χ3v) is 7.78. The highest BCUT2D eigenvalue weighted by Crippen LogP contribution is 2.26. The summed E-state index contributed by atoms with van der Waals surface area (Å²) in [6, 6.07) is 15.9. The van der Waals surface area contributed by atoms with Gasteiger partial charge in [0.15, 0.2) is 0 Å². The molecule has 6 N–H and O–H groups in total. The maximum absolute atomic E-state index is 13.0. The molecule has 0 saturated heterocycles. The lowest BCUT2D eigenvalue weighted by Crippen LogP contribution is -2.36. The number of hydrogen-bond acceptors (Lipinski definition) is 9. The Morgan fingerprint density at radius 3 is 1.58 bits per heavy atom. The van der Waals surface area contributed by atoms with Gasteiger partial charge >= 0.3 is 0 Å². The Kier molecular flexibility index (Phi) is 15.9. The van der Waals surface area contributed by atoms with E-state index in [0.717, 1.165) is 88.0 Å². The lowest BCUT2D eigenvalue weighted by atomic mass is 10.1. The van der Waals surface area contributed by atoms with E-state index in [1.165, 1.54) is 32.1 Å². The minimum atomic E-state index is 0.0288. The molecule has 0 atom stereocenters. The molecule has 0 aliphatic carbocycles. The molecule has 0 unspecified atom stereocenters. The topological polar surface area (TPSA) is 128 Å². The van der Waals surface area contributed by atoms with E-state index in [-0.39, 0.29) is 5.91 Å². The first-order chi connectivity index (χ1) is 22.2. The fraction of sp³-hybridized carbons (Fsp3) is 0.543. The van der Waals surface area contributed by atoms with Crippen LogP contribution < -0.4 is 31.9 Å². The second-order valence-electron chi connectivity index (χ2n) is 11.7. The highest BCUT2D eigenvalue weighted by atomic mass is 16.1. The molecule has 6 bridgehead atoms. The quantitative estimate of drug-likeness (QED) is 0.196. The minimum Gasteiger partial charge on any atom is -0.326 e. The lowest BCUT2D eigenvalue weighted by molar-refractivity contribution is -0.116. The summed E-state index contributed by atoms with van der Waals surface area (Å²) in [5.41, 5.74) is 5.55. The highest BCUT2D eigenvalue weighted by Gasteiger charge is 2.13. The molecule has 10 nitrogen and oxygen atoms in total. The van der Waals surface area contributed by atoms with Crippen molar-refractivity contribution in [2.75, 3.05) is 57.7 Å². The average Bonchev–Trinajstić information content (AvgIpc) is 3.06. The number of carbonyl (C=O) groups is 1. The zero-order chi connectivity index (χ0) is 31.4. The van der Waals surface area contributed by atoms with Crippen molar-refractivity contribution >= 4 is 11.6 Å². The van der Waals surface area contributed by atoms with E-state index < -0.39 is 0 Å². The van der Waals surface area contributed by atoms with Crippen LogP contribution in [-0.4, -0.2) is 73.2 Å². The summed E-state index contributed by atoms with van der Waals surface area (Å²) in [5, 5.41) is 20.5. The van der Waals surface area contributed by atoms with Crippen LogP contribution in [0.5, 0.6) is 0 Å². The van der Waals surface area contributed by atoms with Gasteiger partial charge in [0.25, 0.3) is 0 Å². The zero-order valence-corrected chi connectivity index (χ0v) is 27.1. The first-order valence-corrected chi connectivity index (χ1v) is 17.0. The van der Waals surface area contributed by atoms with Crippen molar-refractivity contribution in [1.29, 1.82) is 0 Å². The molecule has 0 saturated carbocycles. The molecule has 4 rings (SSSR count). The number of pyridine rings is 3. The van der Waals surface area contributed by atoms with Gasteiger partial charge in [0, 0.05) is 77.6 Å². The number of carbonyl (C=O) groups excluding carboxylic acids is 1. The van der Waals surface area contributed by atoms with Gasteiger partial charge in [-0.3, -0.25) is 4.79 Å². The Labute approximate surface area is 269 Å². The Hall–Kier alpha value is -3.28. The number of aromatic nitrogens is 3. The van der Waals surface area contributed by atoms with Gasteiger partial charge in [-0.25, -0.2) is 15.0 Å². The van der Waals surface area contributed by atoms with Crippen LogP contribution in [0.3, 0.4) is 0 Å². The van der Waals surface area contributed by atoms with Crippen LogP contribution in [-0.2, 0) is 17.9 Å². The molecule has 1 aliphatic heterocycles. The van der Waals surface area contributed by atoms with Gasteiger partial charge in [0.05, 0.1) is 34.2 Å². The van der Waals surface area contributed by atoms with Crippen LogP contribution in [0.1, 0.15) is 69.7 Å². The Morgan fingerprint density at radius 2 is 1.07 bits per heavy atom. The van der Waals surface area contributed by atoms with E-state index in [4.69, 9.17) is 15.0 Å². The number of amides is 1. The molecule has 45 heavy (non-hydrogen) atoms. The maximum Gasteiger partial charge on any atom is 0.224 e. The summed E-state index contributed by atoms with van der Waals surface area (Å²) in [4.78, 5) is 27.8. The number of hydrogen-bond donors (Lipinski definition) is 6. The smallest absolute Gasteiger partial charge is 0.224 e. The maximum atomic E-state index is 13.0. The van der Waals surface area contributed by atoms with Crippen LogP contribution in [0.2, 0.25) is 0 Å². The van der Waals surface area contributed by atoms with E-state index in [2.05, 4.69) is 38.8 Å². The first kappa shape index (κ1) is 34.6. The molecule has 0 spiro atoms. The van der Waals surface area contributed by atoms with Crippen molar-refractivity contribution in [3.8, 4) is 22.8 Å². The van der Waals surface area contributed by atoms with E-state index in [0.29, 0.717) is 36.6 Å². The zero-order valence-electron chi connectivity index (χ0n) is 27.1. The number of anilines is 1. The molecular weight excluding hydrogens is 562 g/mol. The second-order valence-corrected chi connectivity index (χ2v) is 11.7. The Morgan fingerprint density at radius 1 is 0.600 bits per heavy atom. The minimum absolute atomic E-state index is 0.0288. The number of fused-ring (bicyclic) bond motifs is 8. The summed E-state index contributed by atoms with van der Waals surface area (Å²) in [5.74, 6) is 0.0288. The van der Waals surface area contributed by atoms with Crippen LogP contribution in [0.4, 0.5) is 5.69 Å². The van der Waals surface area contributed by atoms with Gasteiger partial charge in [0.2, 0.25) is 5.91 Å². The third-order valence-electron chi connectivity index (χ3n) is 7.78. The van der Waals surface area contributed by atoms with Crippen LogP contribution >= 0.6 is 0 Å². The lowest BCUT2D eigenvalue weighted by Gasteiger charge is -2.13. The van der Waals surface area contributed by atoms with E-state index in [1.807, 2.05) is 48.5 Å². The molecule has 3 aromatic rings. The van der Waals surface area contributed by atoms with Crippen molar-refractivity contribution in [3.05, 3.63) is 59.9 Å². The summed E-state index contributed by atoms with van der Waals surface area (Å²) in [6.07, 6.45) is 8.77. The van der Waals surface area contributed by atoms with Gasteiger partial charge in [-0.2, -0.15) is 0 Å². The van der Waals surface area contributed by atoms with Gasteiger partial charge < -0.3 is 31.9 Å². The predicted molar refractivity (Wildman–Crippen MR) is 184 cm³/mol. The number of unbranched alkanes of at least 4 members (excludes halogenated alkanes) is 6. The van der Waals surface area contributed by atoms with Gasteiger partial charge in [-0.15, -0.1) is 0 Å². The SMILES string of the molecule is CCCCCCCCCC(=O)Nc1cc2nc(c1)-c1cccc(n1)CNCCNCCNCCNCCNCc1cccc-2n1. The number of rotatable bonds is 9. The Balaban J connectivity index is 1.51. The average molecular weight is 616 g/mol. The number of nitrogens with zero attached hydrogens (tertiary/aromatic N) is 3. The van der Waals surface area contributed by atoms with E-state index >= 15 is 0 Å². The van der Waals surface area contributed by atoms with E-state index in [1.54, 1.807) is 0 Å². The summed E-state index contributed by atoms with van der Waals surface area (Å²) < 4.78 is 0. The van der Waals surface area contributed by atoms with Crippen molar-refractivity contribution < 1.29 is 4.79 Å². The molecular formula is C35H53N9O. The van der Waals surface area contributed by atoms with Gasteiger partial charge in [0.1, 0.15) is 0 Å². The van der Waals surface area contributed by atoms with Gasteiger partial charge in [-0.05, 0) is 42.8 Å². The Bertz CT molecular complexity index is 1210. The number of nitrogens with one attached hydrogen (secondary N) is 6. The predicted octanol–water partition coefficient (Wildman–Crippen LogP) is 4.25. The molecule has 3 aromatic heterocycles. The molecule has 1 aliphatic rings. The summed E-state index contributed by atoms with van der Waals surface area (Å²) in [6.45, 7) is 10.8. The van der Waals surface area contributed by atoms with Crippen molar-refractivity contribution in [2.24, 2.45) is 0 Å². The molecule has 0 aromatic carbocycles. The second kappa shape index (κ2) is 20.7. The fourth-order valence-electron chi connectivity index (χ4n) is 5.29. The molecule has 244 valence electrons. The molecule has 4 heterocycles. The first-order valence-electron chi connectivity index (χ1n) is 17.0. The molecule has 0 radical (unpaired) electrons. The van der Waals surface area contributed by atoms with Crippen molar-refractivity contribution in [3.63, 3.8) is 0 Å². The van der Waals surface area contributed by atoms with Crippen molar-refractivity contribution in [1.82, 2.24) is 41.5 Å². The molecule has 1 amide bonds. The standard InChI is InChI=1S/C35H53N9O/c1-2-3-4-5-6-7-8-15-35(45)43-30-24-33-31-13-9-11-28(41-31)26-39-22-20-37-18-16-36-17-19-38-21-23-40-27-29-12-10-14-32(42-29)34(25-30)44-33/h9-14,24-25,36-40H,2-8,15-23,26-27H2,1H3,(H,43,44,45). The largest absolute Gasteiger partial charge is 0.326 e. The highest BCUT2D eigenvalue weighted by molar-refractivity contribution is 5.92. The molecule has 10 heteroatoms. The summed E-state index contributed by atoms with van der Waals surface area (Å²) in [7, 11) is 0. The molecule has 0 fully saturated rings. The van der Waals surface area contributed by atoms with Crippen LogP contribution in [0.25, 0.3) is 22.8 Å². The van der Waals surface area contributed by atoms with Crippen LogP contribution in [0.15, 0.2) is 48.5 Å². The normalized spacial score (nSPS) is 15.6.